The summed E-state index contributed by atoms with van der Waals surface area (Å²) in [6.07, 6.45) is 3.16. The van der Waals surface area contributed by atoms with Gasteiger partial charge in [0, 0.05) is 13.1 Å². The van der Waals surface area contributed by atoms with E-state index in [1.165, 1.54) is 6.42 Å². The highest BCUT2D eigenvalue weighted by Gasteiger charge is 2.52. The molecule has 0 aliphatic carbocycles. The Balaban J connectivity index is 1.98. The first-order chi connectivity index (χ1) is 10.6. The van der Waals surface area contributed by atoms with Crippen LogP contribution in [0.5, 0.6) is 0 Å². The lowest BCUT2D eigenvalue weighted by Gasteiger charge is -2.56. The lowest BCUT2D eigenvalue weighted by atomic mass is 9.81. The van der Waals surface area contributed by atoms with Crippen LogP contribution in [0.4, 0.5) is 4.79 Å². The fourth-order valence-electron chi connectivity index (χ4n) is 3.64. The zero-order valence-electron chi connectivity index (χ0n) is 14.8. The smallest absolute Gasteiger partial charge is 0.410 e. The van der Waals surface area contributed by atoms with Gasteiger partial charge in [0.05, 0.1) is 12.0 Å². The third-order valence-electron chi connectivity index (χ3n) is 4.97. The Morgan fingerprint density at radius 1 is 1.22 bits per heavy atom. The summed E-state index contributed by atoms with van der Waals surface area (Å²) in [5.74, 6) is -0.0541. The van der Waals surface area contributed by atoms with Crippen molar-refractivity contribution in [3.63, 3.8) is 0 Å². The number of ether oxygens (including phenoxy) is 1. The number of carbonyl (C=O) groups excluding carboxylic acids is 1. The molecule has 2 saturated heterocycles. The number of hydrogen-bond donors (Lipinski definition) is 1. The van der Waals surface area contributed by atoms with Crippen molar-refractivity contribution >= 4 is 12.1 Å². The minimum absolute atomic E-state index is 0.0864. The molecule has 0 atom stereocenters. The second kappa shape index (κ2) is 6.67. The van der Waals surface area contributed by atoms with Crippen molar-refractivity contribution in [3.05, 3.63) is 0 Å². The number of rotatable bonds is 4. The molecule has 0 aromatic rings. The molecule has 2 rings (SSSR count). The predicted octanol–water partition coefficient (Wildman–Crippen LogP) is 2.57. The van der Waals surface area contributed by atoms with E-state index in [9.17, 15) is 14.7 Å². The molecule has 1 N–H and O–H groups in total. The van der Waals surface area contributed by atoms with Gasteiger partial charge in [-0.25, -0.2) is 4.79 Å². The average molecular weight is 326 g/mol. The van der Waals surface area contributed by atoms with E-state index >= 15 is 0 Å². The molecule has 2 heterocycles. The van der Waals surface area contributed by atoms with Crippen LogP contribution in [0.2, 0.25) is 0 Å². The molecule has 2 aliphatic rings. The Hall–Kier alpha value is -1.30. The number of aliphatic carboxylic acids is 1. The van der Waals surface area contributed by atoms with Gasteiger partial charge in [-0.15, -0.1) is 0 Å². The normalized spacial score (nSPS) is 22.5. The Kier molecular flexibility index (Phi) is 5.23. The lowest BCUT2D eigenvalue weighted by molar-refractivity contribution is -0.147. The largest absolute Gasteiger partial charge is 0.481 e. The highest BCUT2D eigenvalue weighted by Crippen LogP contribution is 2.36. The molecule has 6 heteroatoms. The summed E-state index contributed by atoms with van der Waals surface area (Å²) < 4.78 is 5.38. The lowest BCUT2D eigenvalue weighted by Crippen LogP contribution is -2.72. The molecule has 132 valence electrons. The monoisotopic (exact) mass is 326 g/mol. The van der Waals surface area contributed by atoms with Crippen LogP contribution in [-0.4, -0.2) is 64.3 Å². The van der Waals surface area contributed by atoms with Gasteiger partial charge in [0.1, 0.15) is 5.60 Å². The van der Waals surface area contributed by atoms with Crippen LogP contribution < -0.4 is 0 Å². The molecule has 1 amide bonds. The number of amides is 1. The number of carboxylic acids is 1. The first-order valence-electron chi connectivity index (χ1n) is 8.60. The van der Waals surface area contributed by atoms with Gasteiger partial charge in [-0.05, 0) is 52.6 Å². The van der Waals surface area contributed by atoms with Crippen molar-refractivity contribution in [2.45, 2.75) is 64.5 Å². The Bertz CT molecular complexity index is 444. The molecular weight excluding hydrogens is 296 g/mol. The van der Waals surface area contributed by atoms with E-state index in [0.717, 1.165) is 31.8 Å². The van der Waals surface area contributed by atoms with Gasteiger partial charge in [-0.2, -0.15) is 0 Å². The van der Waals surface area contributed by atoms with Crippen LogP contribution in [0.3, 0.4) is 0 Å². The van der Waals surface area contributed by atoms with Gasteiger partial charge in [-0.1, -0.05) is 13.3 Å². The standard InChI is InChI=1S/C17H30N2O4/c1-5-13-6-8-19(9-7-13)17(10-14(20)21)11-18(12-17)15(22)23-16(2,3)4/h13H,5-12H2,1-4H3,(H,20,21). The molecule has 23 heavy (non-hydrogen) atoms. The van der Waals surface area contributed by atoms with Crippen molar-refractivity contribution in [1.29, 1.82) is 0 Å². The zero-order valence-corrected chi connectivity index (χ0v) is 14.8. The van der Waals surface area contributed by atoms with Crippen molar-refractivity contribution in [3.8, 4) is 0 Å². The van der Waals surface area contributed by atoms with Gasteiger partial charge in [0.15, 0.2) is 0 Å². The molecular formula is C17H30N2O4. The molecule has 0 bridgehead atoms. The minimum atomic E-state index is -0.800. The molecule has 0 aromatic heterocycles. The maximum atomic E-state index is 12.1. The SMILES string of the molecule is CCC1CCN(C2(CC(=O)O)CN(C(=O)OC(C)(C)C)C2)CC1. The topological polar surface area (TPSA) is 70.1 Å². The van der Waals surface area contributed by atoms with Crippen molar-refractivity contribution in [2.24, 2.45) is 5.92 Å². The first-order valence-corrected chi connectivity index (χ1v) is 8.60. The summed E-state index contributed by atoms with van der Waals surface area (Å²) in [6.45, 7) is 10.5. The molecule has 6 nitrogen and oxygen atoms in total. The average Bonchev–Trinajstić information content (AvgIpc) is 2.40. The fourth-order valence-corrected chi connectivity index (χ4v) is 3.64. The number of nitrogens with zero attached hydrogens (tertiary/aromatic N) is 2. The van der Waals surface area contributed by atoms with E-state index in [1.807, 2.05) is 20.8 Å². The Morgan fingerprint density at radius 2 is 1.78 bits per heavy atom. The van der Waals surface area contributed by atoms with E-state index < -0.39 is 17.1 Å². The maximum Gasteiger partial charge on any atom is 0.410 e. The van der Waals surface area contributed by atoms with Crippen LogP contribution in [0.25, 0.3) is 0 Å². The summed E-state index contributed by atoms with van der Waals surface area (Å²) in [4.78, 5) is 27.4. The first kappa shape index (κ1) is 18.0. The molecule has 0 aromatic carbocycles. The van der Waals surface area contributed by atoms with Crippen molar-refractivity contribution in [1.82, 2.24) is 9.80 Å². The minimum Gasteiger partial charge on any atom is -0.481 e. The Labute approximate surface area is 138 Å². The second-order valence-electron chi connectivity index (χ2n) is 7.97. The number of carbonyl (C=O) groups is 2. The van der Waals surface area contributed by atoms with E-state index in [-0.39, 0.29) is 12.5 Å². The van der Waals surface area contributed by atoms with Gasteiger partial charge in [0.2, 0.25) is 0 Å². The summed E-state index contributed by atoms with van der Waals surface area (Å²) in [5, 5.41) is 9.29. The van der Waals surface area contributed by atoms with Crippen LogP contribution in [0.1, 0.15) is 53.4 Å². The van der Waals surface area contributed by atoms with Crippen molar-refractivity contribution < 1.29 is 19.4 Å². The predicted molar refractivity (Wildman–Crippen MR) is 87.4 cm³/mol. The number of piperidine rings is 1. The van der Waals surface area contributed by atoms with Gasteiger partial charge in [0.25, 0.3) is 0 Å². The van der Waals surface area contributed by atoms with Gasteiger partial charge in [-0.3, -0.25) is 9.69 Å². The summed E-state index contributed by atoms with van der Waals surface area (Å²) in [6, 6.07) is 0. The third kappa shape index (κ3) is 4.37. The molecule has 0 saturated carbocycles. The second-order valence-corrected chi connectivity index (χ2v) is 7.97. The number of likely N-dealkylation sites (tertiary alicyclic amines) is 2. The van der Waals surface area contributed by atoms with Gasteiger partial charge < -0.3 is 14.7 Å². The van der Waals surface area contributed by atoms with Crippen LogP contribution in [0, 0.1) is 5.92 Å². The number of carboxylic acid groups (broad SMARTS) is 1. The van der Waals surface area contributed by atoms with Crippen LogP contribution in [0.15, 0.2) is 0 Å². The summed E-state index contributed by atoms with van der Waals surface area (Å²) >= 11 is 0. The molecule has 2 fully saturated rings. The third-order valence-corrected chi connectivity index (χ3v) is 4.97. The van der Waals surface area contributed by atoms with E-state index in [1.54, 1.807) is 4.90 Å². The summed E-state index contributed by atoms with van der Waals surface area (Å²) in [7, 11) is 0. The molecule has 2 aliphatic heterocycles. The molecule has 0 radical (unpaired) electrons. The maximum absolute atomic E-state index is 12.1. The van der Waals surface area contributed by atoms with E-state index in [2.05, 4.69) is 11.8 Å². The Morgan fingerprint density at radius 3 is 2.22 bits per heavy atom. The van der Waals surface area contributed by atoms with Crippen LogP contribution >= 0.6 is 0 Å². The van der Waals surface area contributed by atoms with Crippen LogP contribution in [-0.2, 0) is 9.53 Å². The highest BCUT2D eigenvalue weighted by atomic mass is 16.6. The fraction of sp³-hybridized carbons (Fsp3) is 0.882. The highest BCUT2D eigenvalue weighted by molar-refractivity contribution is 5.73. The summed E-state index contributed by atoms with van der Waals surface area (Å²) in [5.41, 5.74) is -0.941. The number of hydrogen-bond acceptors (Lipinski definition) is 4. The van der Waals surface area contributed by atoms with E-state index in [0.29, 0.717) is 13.1 Å². The molecule has 0 unspecified atom stereocenters. The molecule has 0 spiro atoms. The van der Waals surface area contributed by atoms with E-state index in [4.69, 9.17) is 4.74 Å². The zero-order chi connectivity index (χ0) is 17.3. The van der Waals surface area contributed by atoms with Gasteiger partial charge >= 0.3 is 12.1 Å². The quantitative estimate of drug-likeness (QED) is 0.860. The van der Waals surface area contributed by atoms with Crippen molar-refractivity contribution in [2.75, 3.05) is 26.2 Å².